The van der Waals surface area contributed by atoms with E-state index in [1.54, 1.807) is 9.08 Å². The van der Waals surface area contributed by atoms with Crippen molar-refractivity contribution in [1.29, 1.82) is 0 Å². The Kier molecular flexibility index (Phi) is 4.01. The Morgan fingerprint density at radius 2 is 2.29 bits per heavy atom. The first-order chi connectivity index (χ1) is 10.3. The summed E-state index contributed by atoms with van der Waals surface area (Å²) in [6.45, 7) is 3.62. The first kappa shape index (κ1) is 13.8. The summed E-state index contributed by atoms with van der Waals surface area (Å²) in [5.74, 6) is 0.745. The third-order valence-electron chi connectivity index (χ3n) is 3.58. The van der Waals surface area contributed by atoms with E-state index in [1.807, 2.05) is 24.4 Å². The fourth-order valence-corrected chi connectivity index (χ4v) is 2.55. The normalized spacial score (nSPS) is 14.6. The topological polar surface area (TPSA) is 51.3 Å². The minimum absolute atomic E-state index is 0.0129. The molecule has 0 aliphatic heterocycles. The molecule has 0 saturated carbocycles. The second kappa shape index (κ2) is 6.10. The molecule has 3 rings (SSSR count). The van der Waals surface area contributed by atoms with Crippen LogP contribution < -0.4 is 10.9 Å². The van der Waals surface area contributed by atoms with Crippen molar-refractivity contribution < 1.29 is 0 Å². The van der Waals surface area contributed by atoms with E-state index in [1.165, 1.54) is 0 Å². The van der Waals surface area contributed by atoms with E-state index >= 15 is 0 Å². The SMILES string of the molecule is CCCNCc1nn2cccc2c(=O)n1C1=CCCC=C1. The summed E-state index contributed by atoms with van der Waals surface area (Å²) in [5, 5.41) is 7.91. The second-order valence-electron chi connectivity index (χ2n) is 5.18. The Hall–Kier alpha value is -2.14. The van der Waals surface area contributed by atoms with Gasteiger partial charge in [-0.25, -0.2) is 4.52 Å². The van der Waals surface area contributed by atoms with Crippen LogP contribution in [0.4, 0.5) is 0 Å². The van der Waals surface area contributed by atoms with Crippen molar-refractivity contribution in [2.75, 3.05) is 6.54 Å². The second-order valence-corrected chi connectivity index (χ2v) is 5.18. The van der Waals surface area contributed by atoms with Gasteiger partial charge in [-0.1, -0.05) is 19.1 Å². The molecular formula is C16H20N4O. The van der Waals surface area contributed by atoms with E-state index in [9.17, 15) is 4.79 Å². The minimum atomic E-state index is -0.0129. The summed E-state index contributed by atoms with van der Waals surface area (Å²) in [6.07, 6.45) is 11.1. The molecule has 0 atom stereocenters. The van der Waals surface area contributed by atoms with Crippen LogP contribution in [0, 0.1) is 0 Å². The average molecular weight is 284 g/mol. The van der Waals surface area contributed by atoms with Crippen molar-refractivity contribution in [1.82, 2.24) is 19.5 Å². The molecule has 1 N–H and O–H groups in total. The highest BCUT2D eigenvalue weighted by molar-refractivity contribution is 5.61. The maximum atomic E-state index is 12.7. The van der Waals surface area contributed by atoms with Crippen LogP contribution in [0.2, 0.25) is 0 Å². The van der Waals surface area contributed by atoms with Crippen LogP contribution in [0.5, 0.6) is 0 Å². The Morgan fingerprint density at radius 3 is 3.05 bits per heavy atom. The van der Waals surface area contributed by atoms with Crippen LogP contribution in [-0.4, -0.2) is 20.7 Å². The maximum absolute atomic E-state index is 12.7. The number of nitrogens with one attached hydrogen (secondary N) is 1. The van der Waals surface area contributed by atoms with Gasteiger partial charge in [-0.3, -0.25) is 9.36 Å². The monoisotopic (exact) mass is 284 g/mol. The summed E-state index contributed by atoms with van der Waals surface area (Å²) in [7, 11) is 0. The molecule has 5 heteroatoms. The molecule has 2 aromatic rings. The minimum Gasteiger partial charge on any atom is -0.310 e. The van der Waals surface area contributed by atoms with Crippen molar-refractivity contribution in [3.8, 4) is 0 Å². The Balaban J connectivity index is 2.11. The van der Waals surface area contributed by atoms with Gasteiger partial charge < -0.3 is 5.32 Å². The molecule has 1 aliphatic carbocycles. The van der Waals surface area contributed by atoms with Gasteiger partial charge in [0.1, 0.15) is 5.52 Å². The summed E-state index contributed by atoms with van der Waals surface area (Å²) >= 11 is 0. The van der Waals surface area contributed by atoms with Gasteiger partial charge in [0.15, 0.2) is 5.82 Å². The van der Waals surface area contributed by atoms with Gasteiger partial charge in [0.05, 0.1) is 6.54 Å². The predicted molar refractivity (Wildman–Crippen MR) is 84.1 cm³/mol. The smallest absolute Gasteiger partial charge is 0.282 e. The molecule has 2 heterocycles. The number of rotatable bonds is 5. The average Bonchev–Trinajstić information content (AvgIpc) is 2.97. The van der Waals surface area contributed by atoms with Gasteiger partial charge in [-0.15, -0.1) is 0 Å². The number of allylic oxidation sites excluding steroid dienone is 4. The first-order valence-corrected chi connectivity index (χ1v) is 7.48. The molecule has 0 spiro atoms. The van der Waals surface area contributed by atoms with E-state index in [4.69, 9.17) is 0 Å². The summed E-state index contributed by atoms with van der Waals surface area (Å²) in [5.41, 5.74) is 1.52. The third kappa shape index (κ3) is 2.69. The molecule has 0 amide bonds. The number of hydrogen-bond donors (Lipinski definition) is 1. The lowest BCUT2D eigenvalue weighted by Gasteiger charge is -2.15. The molecule has 1 aliphatic rings. The Bertz CT molecular complexity index is 751. The molecule has 0 aromatic carbocycles. The molecular weight excluding hydrogens is 264 g/mol. The quantitative estimate of drug-likeness (QED) is 0.856. The van der Waals surface area contributed by atoms with E-state index in [0.717, 1.165) is 37.3 Å². The van der Waals surface area contributed by atoms with Gasteiger partial charge >= 0.3 is 0 Å². The molecule has 0 bridgehead atoms. The molecule has 0 unspecified atom stereocenters. The van der Waals surface area contributed by atoms with Gasteiger partial charge in [0.2, 0.25) is 0 Å². The predicted octanol–water partition coefficient (Wildman–Crippen LogP) is 2.19. The lowest BCUT2D eigenvalue weighted by atomic mass is 10.1. The number of aromatic nitrogens is 3. The van der Waals surface area contributed by atoms with Crippen LogP contribution in [0.25, 0.3) is 11.2 Å². The van der Waals surface area contributed by atoms with Gasteiger partial charge in [0, 0.05) is 11.9 Å². The molecule has 21 heavy (non-hydrogen) atoms. The van der Waals surface area contributed by atoms with Crippen LogP contribution in [0.15, 0.2) is 41.4 Å². The van der Waals surface area contributed by atoms with Crippen molar-refractivity contribution in [3.63, 3.8) is 0 Å². The molecule has 0 saturated heterocycles. The number of hydrogen-bond acceptors (Lipinski definition) is 3. The molecule has 2 aromatic heterocycles. The maximum Gasteiger partial charge on any atom is 0.282 e. The van der Waals surface area contributed by atoms with Crippen LogP contribution in [-0.2, 0) is 6.54 Å². The van der Waals surface area contributed by atoms with Crippen LogP contribution in [0.3, 0.4) is 0 Å². The van der Waals surface area contributed by atoms with Crippen molar-refractivity contribution in [2.45, 2.75) is 32.7 Å². The van der Waals surface area contributed by atoms with Crippen LogP contribution >= 0.6 is 0 Å². The van der Waals surface area contributed by atoms with Crippen molar-refractivity contribution in [2.24, 2.45) is 0 Å². The molecule has 0 radical (unpaired) electrons. The lowest BCUT2D eigenvalue weighted by molar-refractivity contribution is 0.615. The van der Waals surface area contributed by atoms with E-state index in [-0.39, 0.29) is 5.56 Å². The zero-order chi connectivity index (χ0) is 14.7. The standard InChI is InChI=1S/C16H20N4O/c1-2-10-17-12-15-18-19-11-6-9-14(19)16(21)20(15)13-7-4-3-5-8-13/h4,6-9,11,17H,2-3,5,10,12H2,1H3. The summed E-state index contributed by atoms with van der Waals surface area (Å²) < 4.78 is 3.39. The number of nitrogens with zero attached hydrogens (tertiary/aromatic N) is 3. The van der Waals surface area contributed by atoms with E-state index in [0.29, 0.717) is 12.1 Å². The van der Waals surface area contributed by atoms with Gasteiger partial charge in [0.25, 0.3) is 5.56 Å². The lowest BCUT2D eigenvalue weighted by Crippen LogP contribution is -2.30. The highest BCUT2D eigenvalue weighted by Crippen LogP contribution is 2.15. The largest absolute Gasteiger partial charge is 0.310 e. The highest BCUT2D eigenvalue weighted by Gasteiger charge is 2.13. The fourth-order valence-electron chi connectivity index (χ4n) is 2.55. The summed E-state index contributed by atoms with van der Waals surface area (Å²) in [4.78, 5) is 12.7. The molecule has 110 valence electrons. The van der Waals surface area contributed by atoms with Gasteiger partial charge in [-0.2, -0.15) is 5.10 Å². The van der Waals surface area contributed by atoms with Crippen molar-refractivity contribution in [3.05, 3.63) is 52.7 Å². The molecule has 0 fully saturated rings. The zero-order valence-electron chi connectivity index (χ0n) is 12.2. The Morgan fingerprint density at radius 1 is 1.38 bits per heavy atom. The highest BCUT2D eigenvalue weighted by atomic mass is 16.1. The number of fused-ring (bicyclic) bond motifs is 1. The first-order valence-electron chi connectivity index (χ1n) is 7.48. The summed E-state index contributed by atoms with van der Waals surface area (Å²) in [6, 6.07) is 3.66. The van der Waals surface area contributed by atoms with E-state index in [2.05, 4.69) is 29.5 Å². The molecule has 5 nitrogen and oxygen atoms in total. The van der Waals surface area contributed by atoms with E-state index < -0.39 is 0 Å². The fraction of sp³-hybridized carbons (Fsp3) is 0.375. The van der Waals surface area contributed by atoms with Gasteiger partial charge in [-0.05, 0) is 44.0 Å². The van der Waals surface area contributed by atoms with Crippen molar-refractivity contribution >= 4 is 11.2 Å². The Labute approximate surface area is 123 Å². The van der Waals surface area contributed by atoms with Crippen LogP contribution in [0.1, 0.15) is 32.0 Å². The zero-order valence-corrected chi connectivity index (χ0v) is 12.2. The third-order valence-corrected chi connectivity index (χ3v) is 3.58.